The Hall–Kier alpha value is -1.59. The van der Waals surface area contributed by atoms with Crippen LogP contribution in [-0.2, 0) is 9.59 Å². The summed E-state index contributed by atoms with van der Waals surface area (Å²) in [7, 11) is 0. The average Bonchev–Trinajstić information content (AvgIpc) is 2.45. The van der Waals surface area contributed by atoms with Gasteiger partial charge in [0.2, 0.25) is 5.91 Å². The first-order valence-corrected chi connectivity index (χ1v) is 7.48. The van der Waals surface area contributed by atoms with Gasteiger partial charge in [-0.05, 0) is 26.8 Å². The molecule has 0 saturated carbocycles. The Morgan fingerprint density at radius 3 is 2.57 bits per heavy atom. The molecule has 0 saturated heterocycles. The fourth-order valence-electron chi connectivity index (χ4n) is 1.95. The van der Waals surface area contributed by atoms with Crippen LogP contribution >= 0.6 is 11.6 Å². The molecule has 0 aliphatic heterocycles. The molecule has 0 aromatic heterocycles. The van der Waals surface area contributed by atoms with Gasteiger partial charge in [-0.2, -0.15) is 0 Å². The Bertz CT molecular complexity index is 494. The van der Waals surface area contributed by atoms with E-state index in [1.165, 1.54) is 0 Å². The standard InChI is InChI=1S/C15H22ClN3O2/c1-4-17-15(21)11(3)19-14(20)9-18-10(2)12-7-5-6-8-13(12)16/h5-8,10-11,18H,4,9H2,1-3H3,(H,17,21)(H,19,20)/p+1/t10-,11-/m0/s1. The monoisotopic (exact) mass is 312 g/mol. The van der Waals surface area contributed by atoms with Gasteiger partial charge in [0.05, 0.1) is 0 Å². The molecular weight excluding hydrogens is 290 g/mol. The van der Waals surface area contributed by atoms with Crippen LogP contribution in [0.4, 0.5) is 0 Å². The van der Waals surface area contributed by atoms with Crippen molar-refractivity contribution in [2.45, 2.75) is 32.9 Å². The van der Waals surface area contributed by atoms with Gasteiger partial charge in [0, 0.05) is 17.1 Å². The van der Waals surface area contributed by atoms with Crippen molar-refractivity contribution in [2.75, 3.05) is 13.1 Å². The maximum atomic E-state index is 11.8. The second-order valence-electron chi connectivity index (χ2n) is 4.93. The van der Waals surface area contributed by atoms with Gasteiger partial charge in [-0.1, -0.05) is 29.8 Å². The largest absolute Gasteiger partial charge is 0.355 e. The third-order valence-corrected chi connectivity index (χ3v) is 3.52. The molecule has 2 amide bonds. The van der Waals surface area contributed by atoms with Crippen molar-refractivity contribution < 1.29 is 14.9 Å². The van der Waals surface area contributed by atoms with E-state index in [9.17, 15) is 9.59 Å². The summed E-state index contributed by atoms with van der Waals surface area (Å²) in [5.74, 6) is -0.349. The van der Waals surface area contributed by atoms with Crippen molar-refractivity contribution in [2.24, 2.45) is 0 Å². The van der Waals surface area contributed by atoms with Crippen LogP contribution in [0.15, 0.2) is 24.3 Å². The van der Waals surface area contributed by atoms with Crippen molar-refractivity contribution in [3.63, 3.8) is 0 Å². The van der Waals surface area contributed by atoms with E-state index in [0.717, 1.165) is 5.56 Å². The number of rotatable bonds is 7. The number of nitrogens with two attached hydrogens (primary N) is 1. The Balaban J connectivity index is 2.43. The van der Waals surface area contributed by atoms with Crippen LogP contribution in [-0.4, -0.2) is 30.9 Å². The Labute approximate surface area is 130 Å². The van der Waals surface area contributed by atoms with E-state index in [-0.39, 0.29) is 24.4 Å². The van der Waals surface area contributed by atoms with Crippen LogP contribution in [0.1, 0.15) is 32.4 Å². The van der Waals surface area contributed by atoms with Crippen molar-refractivity contribution in [3.8, 4) is 0 Å². The van der Waals surface area contributed by atoms with Gasteiger partial charge < -0.3 is 16.0 Å². The minimum Gasteiger partial charge on any atom is -0.355 e. The van der Waals surface area contributed by atoms with Crippen molar-refractivity contribution in [1.82, 2.24) is 10.6 Å². The molecule has 1 aromatic rings. The van der Waals surface area contributed by atoms with Crippen molar-refractivity contribution in [3.05, 3.63) is 34.9 Å². The number of quaternary nitrogens is 1. The minimum absolute atomic E-state index is 0.0734. The van der Waals surface area contributed by atoms with Gasteiger partial charge in [0.15, 0.2) is 6.54 Å². The fourth-order valence-corrected chi connectivity index (χ4v) is 2.26. The quantitative estimate of drug-likeness (QED) is 0.690. The molecule has 0 aliphatic carbocycles. The molecule has 2 atom stereocenters. The van der Waals surface area contributed by atoms with Gasteiger partial charge in [-0.15, -0.1) is 0 Å². The molecule has 21 heavy (non-hydrogen) atoms. The summed E-state index contributed by atoms with van der Waals surface area (Å²) in [6.45, 7) is 6.29. The molecule has 1 aromatic carbocycles. The number of likely N-dealkylation sites (N-methyl/N-ethyl adjacent to an activating group) is 1. The maximum absolute atomic E-state index is 11.8. The average molecular weight is 313 g/mol. The fraction of sp³-hybridized carbons (Fsp3) is 0.467. The maximum Gasteiger partial charge on any atom is 0.275 e. The molecule has 6 heteroatoms. The molecule has 0 bridgehead atoms. The number of amides is 2. The second-order valence-corrected chi connectivity index (χ2v) is 5.34. The van der Waals surface area contributed by atoms with Crippen LogP contribution in [0.25, 0.3) is 0 Å². The van der Waals surface area contributed by atoms with Crippen LogP contribution in [0.3, 0.4) is 0 Å². The highest BCUT2D eigenvalue weighted by atomic mass is 35.5. The van der Waals surface area contributed by atoms with E-state index in [2.05, 4.69) is 10.6 Å². The summed E-state index contributed by atoms with van der Waals surface area (Å²) in [4.78, 5) is 23.4. The summed E-state index contributed by atoms with van der Waals surface area (Å²) in [5, 5.41) is 7.92. The highest BCUT2D eigenvalue weighted by Gasteiger charge is 2.17. The topological polar surface area (TPSA) is 74.8 Å². The summed E-state index contributed by atoms with van der Waals surface area (Å²) >= 11 is 6.12. The zero-order chi connectivity index (χ0) is 15.8. The molecule has 5 nitrogen and oxygen atoms in total. The Morgan fingerprint density at radius 2 is 1.95 bits per heavy atom. The predicted molar refractivity (Wildman–Crippen MR) is 82.9 cm³/mol. The minimum atomic E-state index is -0.526. The predicted octanol–water partition coefficient (Wildman–Crippen LogP) is 0.605. The third kappa shape index (κ3) is 5.73. The SMILES string of the molecule is CCNC(=O)[C@H](C)NC(=O)C[NH2+][C@@H](C)c1ccccc1Cl. The van der Waals surface area contributed by atoms with E-state index < -0.39 is 6.04 Å². The zero-order valence-corrected chi connectivity index (χ0v) is 13.4. The molecule has 1 rings (SSSR count). The Morgan fingerprint density at radius 1 is 1.29 bits per heavy atom. The normalized spacial score (nSPS) is 13.3. The summed E-state index contributed by atoms with van der Waals surface area (Å²) in [5.41, 5.74) is 0.990. The van der Waals surface area contributed by atoms with Gasteiger partial charge in [-0.25, -0.2) is 0 Å². The highest BCUT2D eigenvalue weighted by Crippen LogP contribution is 2.19. The number of carbonyl (C=O) groups excluding carboxylic acids is 2. The lowest BCUT2D eigenvalue weighted by Gasteiger charge is -2.15. The van der Waals surface area contributed by atoms with Gasteiger partial charge >= 0.3 is 0 Å². The number of carbonyl (C=O) groups is 2. The molecule has 4 N–H and O–H groups in total. The van der Waals surface area contributed by atoms with E-state index >= 15 is 0 Å². The molecule has 0 unspecified atom stereocenters. The summed E-state index contributed by atoms with van der Waals surface area (Å²) in [6, 6.07) is 7.12. The van der Waals surface area contributed by atoms with Crippen molar-refractivity contribution in [1.29, 1.82) is 0 Å². The molecule has 0 heterocycles. The smallest absolute Gasteiger partial charge is 0.275 e. The van der Waals surface area contributed by atoms with E-state index in [1.54, 1.807) is 6.92 Å². The Kier molecular flexibility index (Phi) is 7.19. The first-order valence-electron chi connectivity index (χ1n) is 7.10. The molecule has 0 aliphatic rings. The van der Waals surface area contributed by atoms with Crippen LogP contribution in [0.2, 0.25) is 5.02 Å². The number of hydrogen-bond donors (Lipinski definition) is 3. The molecule has 0 fully saturated rings. The van der Waals surface area contributed by atoms with Crippen LogP contribution < -0.4 is 16.0 Å². The van der Waals surface area contributed by atoms with E-state index in [4.69, 9.17) is 11.6 Å². The van der Waals surface area contributed by atoms with E-state index in [1.807, 2.05) is 43.4 Å². The summed E-state index contributed by atoms with van der Waals surface area (Å²) in [6.07, 6.45) is 0. The third-order valence-electron chi connectivity index (χ3n) is 3.17. The lowest BCUT2D eigenvalue weighted by Crippen LogP contribution is -2.87. The molecule has 0 radical (unpaired) electrons. The lowest BCUT2D eigenvalue weighted by atomic mass is 10.1. The van der Waals surface area contributed by atoms with Crippen LogP contribution in [0.5, 0.6) is 0 Å². The first-order chi connectivity index (χ1) is 9.95. The number of hydrogen-bond acceptors (Lipinski definition) is 2. The van der Waals surface area contributed by atoms with Gasteiger partial charge in [0.25, 0.3) is 5.91 Å². The molecule has 0 spiro atoms. The van der Waals surface area contributed by atoms with Crippen molar-refractivity contribution >= 4 is 23.4 Å². The second kappa shape index (κ2) is 8.64. The van der Waals surface area contributed by atoms with Crippen LogP contribution in [0, 0.1) is 0 Å². The first kappa shape index (κ1) is 17.5. The molecule has 116 valence electrons. The summed E-state index contributed by atoms with van der Waals surface area (Å²) < 4.78 is 0. The van der Waals surface area contributed by atoms with Gasteiger partial charge in [-0.3, -0.25) is 9.59 Å². The number of nitrogens with one attached hydrogen (secondary N) is 2. The number of benzene rings is 1. The lowest BCUT2D eigenvalue weighted by molar-refractivity contribution is -0.682. The van der Waals surface area contributed by atoms with E-state index in [0.29, 0.717) is 11.6 Å². The number of halogens is 1. The highest BCUT2D eigenvalue weighted by molar-refractivity contribution is 6.31. The zero-order valence-electron chi connectivity index (χ0n) is 12.7. The molecular formula is C15H23ClN3O2+. The van der Waals surface area contributed by atoms with Gasteiger partial charge in [0.1, 0.15) is 12.1 Å².